The Hall–Kier alpha value is -2.40. The number of anilines is 1. The lowest BCUT2D eigenvalue weighted by molar-refractivity contribution is 0.112. The molecule has 100 valence electrons. The third kappa shape index (κ3) is 2.02. The van der Waals surface area contributed by atoms with Crippen LogP contribution in [-0.2, 0) is 0 Å². The molecule has 0 saturated heterocycles. The summed E-state index contributed by atoms with van der Waals surface area (Å²) in [6, 6.07) is 7.11. The van der Waals surface area contributed by atoms with E-state index in [0.717, 1.165) is 23.0 Å². The molecule has 0 unspecified atom stereocenters. The fraction of sp³-hybridized carbons (Fsp3) is 0.0714. The van der Waals surface area contributed by atoms with Crippen molar-refractivity contribution in [1.29, 1.82) is 0 Å². The predicted molar refractivity (Wildman–Crippen MR) is 78.0 cm³/mol. The van der Waals surface area contributed by atoms with Gasteiger partial charge in [-0.05, 0) is 36.2 Å². The van der Waals surface area contributed by atoms with Gasteiger partial charge in [0.2, 0.25) is 5.95 Å². The van der Waals surface area contributed by atoms with E-state index in [0.29, 0.717) is 16.2 Å². The van der Waals surface area contributed by atoms with Crippen molar-refractivity contribution in [1.82, 2.24) is 14.6 Å². The standard InChI is InChI=1S/C14H11ClN4O/c1-8-4-12(13-17-14(16)18-19(13)6-8)11-3-2-10(15)5-9(11)7-20/h2-7H,1H3,(H2,16,18). The minimum absolute atomic E-state index is 0.193. The zero-order valence-electron chi connectivity index (χ0n) is 10.7. The molecule has 0 aliphatic carbocycles. The van der Waals surface area contributed by atoms with Crippen LogP contribution in [-0.4, -0.2) is 20.9 Å². The molecule has 0 amide bonds. The van der Waals surface area contributed by atoms with E-state index in [1.807, 2.05) is 19.2 Å². The highest BCUT2D eigenvalue weighted by molar-refractivity contribution is 6.31. The molecular formula is C14H11ClN4O. The zero-order valence-corrected chi connectivity index (χ0v) is 11.4. The van der Waals surface area contributed by atoms with Crippen molar-refractivity contribution < 1.29 is 4.79 Å². The maximum Gasteiger partial charge on any atom is 0.240 e. The lowest BCUT2D eigenvalue weighted by Gasteiger charge is -2.08. The summed E-state index contributed by atoms with van der Waals surface area (Å²) in [4.78, 5) is 15.5. The highest BCUT2D eigenvalue weighted by Gasteiger charge is 2.13. The van der Waals surface area contributed by atoms with Crippen molar-refractivity contribution in [3.63, 3.8) is 0 Å². The Morgan fingerprint density at radius 2 is 2.10 bits per heavy atom. The smallest absolute Gasteiger partial charge is 0.240 e. The largest absolute Gasteiger partial charge is 0.366 e. The van der Waals surface area contributed by atoms with Gasteiger partial charge in [-0.15, -0.1) is 5.10 Å². The Balaban J connectivity index is 2.36. The molecule has 5 nitrogen and oxygen atoms in total. The van der Waals surface area contributed by atoms with Crippen LogP contribution in [0.5, 0.6) is 0 Å². The molecule has 0 atom stereocenters. The molecule has 0 spiro atoms. The summed E-state index contributed by atoms with van der Waals surface area (Å²) in [5.41, 5.74) is 9.31. The van der Waals surface area contributed by atoms with E-state index in [9.17, 15) is 4.79 Å². The van der Waals surface area contributed by atoms with Gasteiger partial charge in [0.05, 0.1) is 0 Å². The lowest BCUT2D eigenvalue weighted by atomic mass is 10.0. The van der Waals surface area contributed by atoms with Crippen molar-refractivity contribution in [2.75, 3.05) is 5.73 Å². The summed E-state index contributed by atoms with van der Waals surface area (Å²) in [6.45, 7) is 1.94. The van der Waals surface area contributed by atoms with Crippen LogP contribution in [0.2, 0.25) is 5.02 Å². The van der Waals surface area contributed by atoms with Gasteiger partial charge in [-0.3, -0.25) is 4.79 Å². The lowest BCUT2D eigenvalue weighted by Crippen LogP contribution is -1.95. The number of hydrogen-bond donors (Lipinski definition) is 1. The number of aldehydes is 1. The number of rotatable bonds is 2. The second-order valence-electron chi connectivity index (χ2n) is 4.52. The molecule has 6 heteroatoms. The van der Waals surface area contributed by atoms with Crippen LogP contribution in [0.3, 0.4) is 0 Å². The average molecular weight is 287 g/mol. The molecule has 0 aliphatic heterocycles. The van der Waals surface area contributed by atoms with Gasteiger partial charge in [0, 0.05) is 22.3 Å². The monoisotopic (exact) mass is 286 g/mol. The van der Waals surface area contributed by atoms with Crippen LogP contribution >= 0.6 is 11.6 Å². The third-order valence-electron chi connectivity index (χ3n) is 3.02. The summed E-state index contributed by atoms with van der Waals surface area (Å²) >= 11 is 5.92. The fourth-order valence-corrected chi connectivity index (χ4v) is 2.39. The molecule has 0 fully saturated rings. The minimum Gasteiger partial charge on any atom is -0.366 e. The maximum atomic E-state index is 11.3. The van der Waals surface area contributed by atoms with Gasteiger partial charge in [-0.25, -0.2) is 4.52 Å². The number of benzene rings is 1. The molecule has 0 saturated carbocycles. The highest BCUT2D eigenvalue weighted by Crippen LogP contribution is 2.29. The Labute approximate surface area is 120 Å². The van der Waals surface area contributed by atoms with E-state index in [2.05, 4.69) is 10.1 Å². The summed E-state index contributed by atoms with van der Waals surface area (Å²) in [7, 11) is 0. The number of carbonyl (C=O) groups excluding carboxylic acids is 1. The van der Waals surface area contributed by atoms with E-state index >= 15 is 0 Å². The van der Waals surface area contributed by atoms with Gasteiger partial charge >= 0.3 is 0 Å². The Morgan fingerprint density at radius 1 is 1.30 bits per heavy atom. The van der Waals surface area contributed by atoms with Gasteiger partial charge in [0.25, 0.3) is 0 Å². The van der Waals surface area contributed by atoms with E-state index in [4.69, 9.17) is 17.3 Å². The van der Waals surface area contributed by atoms with Crippen LogP contribution < -0.4 is 5.73 Å². The van der Waals surface area contributed by atoms with Gasteiger partial charge in [-0.1, -0.05) is 17.7 Å². The number of aromatic nitrogens is 3. The normalized spacial score (nSPS) is 10.9. The van der Waals surface area contributed by atoms with Gasteiger partial charge in [-0.2, -0.15) is 4.98 Å². The van der Waals surface area contributed by atoms with E-state index in [1.165, 1.54) is 0 Å². The molecule has 2 heterocycles. The van der Waals surface area contributed by atoms with E-state index < -0.39 is 0 Å². The summed E-state index contributed by atoms with van der Waals surface area (Å²) < 4.78 is 1.61. The molecule has 3 aromatic rings. The van der Waals surface area contributed by atoms with Crippen molar-refractivity contribution in [2.24, 2.45) is 0 Å². The first-order valence-electron chi connectivity index (χ1n) is 5.96. The van der Waals surface area contributed by atoms with Gasteiger partial charge in [0.1, 0.15) is 0 Å². The third-order valence-corrected chi connectivity index (χ3v) is 3.25. The molecule has 0 bridgehead atoms. The van der Waals surface area contributed by atoms with Crippen molar-refractivity contribution in [3.8, 4) is 11.1 Å². The van der Waals surface area contributed by atoms with Crippen molar-refractivity contribution in [3.05, 3.63) is 46.6 Å². The zero-order chi connectivity index (χ0) is 14.3. The molecule has 0 radical (unpaired) electrons. The minimum atomic E-state index is 0.193. The van der Waals surface area contributed by atoms with Crippen molar-refractivity contribution >= 4 is 29.5 Å². The van der Waals surface area contributed by atoms with E-state index in [1.54, 1.807) is 22.7 Å². The Bertz CT molecular complexity index is 825. The number of nitrogens with two attached hydrogens (primary N) is 1. The average Bonchev–Trinajstić information content (AvgIpc) is 2.77. The topological polar surface area (TPSA) is 73.3 Å². The number of hydrogen-bond acceptors (Lipinski definition) is 4. The number of fused-ring (bicyclic) bond motifs is 1. The van der Waals surface area contributed by atoms with Crippen LogP contribution in [0.25, 0.3) is 16.8 Å². The molecule has 20 heavy (non-hydrogen) atoms. The first-order valence-corrected chi connectivity index (χ1v) is 6.34. The number of nitrogen functional groups attached to an aromatic ring is 1. The summed E-state index contributed by atoms with van der Waals surface area (Å²) in [6.07, 6.45) is 2.61. The summed E-state index contributed by atoms with van der Waals surface area (Å²) in [5.74, 6) is 0.193. The van der Waals surface area contributed by atoms with Crippen LogP contribution in [0.1, 0.15) is 15.9 Å². The fourth-order valence-electron chi connectivity index (χ4n) is 2.21. The molecule has 2 aromatic heterocycles. The van der Waals surface area contributed by atoms with Crippen LogP contribution in [0.15, 0.2) is 30.5 Å². The molecule has 0 aliphatic rings. The molecule has 1 aromatic carbocycles. The molecule has 3 rings (SSSR count). The molecule has 2 N–H and O–H groups in total. The van der Waals surface area contributed by atoms with E-state index in [-0.39, 0.29) is 5.95 Å². The second kappa shape index (κ2) is 4.61. The number of carbonyl (C=O) groups is 1. The first-order chi connectivity index (χ1) is 9.58. The predicted octanol–water partition coefficient (Wildman–Crippen LogP) is 2.75. The van der Waals surface area contributed by atoms with Gasteiger partial charge < -0.3 is 5.73 Å². The quantitative estimate of drug-likeness (QED) is 0.735. The maximum absolute atomic E-state index is 11.3. The number of pyridine rings is 1. The number of aryl methyl sites for hydroxylation is 1. The second-order valence-corrected chi connectivity index (χ2v) is 4.96. The Morgan fingerprint density at radius 3 is 2.85 bits per heavy atom. The number of halogens is 1. The SMILES string of the molecule is Cc1cc(-c2ccc(Cl)cc2C=O)c2nc(N)nn2c1. The Kier molecular flexibility index (Phi) is 2.91. The first kappa shape index (κ1) is 12.6. The highest BCUT2D eigenvalue weighted by atomic mass is 35.5. The van der Waals surface area contributed by atoms with Crippen LogP contribution in [0.4, 0.5) is 5.95 Å². The van der Waals surface area contributed by atoms with Crippen molar-refractivity contribution in [2.45, 2.75) is 6.92 Å². The molecular weight excluding hydrogens is 276 g/mol. The van der Waals surface area contributed by atoms with Gasteiger partial charge in [0.15, 0.2) is 11.9 Å². The van der Waals surface area contributed by atoms with Crippen LogP contribution in [0, 0.1) is 6.92 Å². The number of nitrogens with zero attached hydrogens (tertiary/aromatic N) is 3. The summed E-state index contributed by atoms with van der Waals surface area (Å²) in [5, 5.41) is 4.62.